The molecule has 1 aliphatic rings. The Morgan fingerprint density at radius 3 is 2.47 bits per heavy atom. The van der Waals surface area contributed by atoms with Crippen LogP contribution >= 0.6 is 22.6 Å². The molecule has 1 aromatic rings. The summed E-state index contributed by atoms with van der Waals surface area (Å²) in [7, 11) is 0. The van der Waals surface area contributed by atoms with Gasteiger partial charge in [-0.05, 0) is 72.8 Å². The molecule has 1 saturated heterocycles. The van der Waals surface area contributed by atoms with E-state index in [1.165, 1.54) is 29.5 Å². The van der Waals surface area contributed by atoms with E-state index in [9.17, 15) is 0 Å². The molecular formula is C13H14IN. The first-order valence-electron chi connectivity index (χ1n) is 5.31. The van der Waals surface area contributed by atoms with E-state index in [1.54, 1.807) is 0 Å². The van der Waals surface area contributed by atoms with Gasteiger partial charge in [-0.15, -0.1) is 0 Å². The van der Waals surface area contributed by atoms with Crippen LogP contribution < -0.4 is 0 Å². The minimum atomic E-state index is 0.923. The second-order valence-electron chi connectivity index (χ2n) is 3.79. The summed E-state index contributed by atoms with van der Waals surface area (Å²) < 4.78 is 1.26. The zero-order valence-electron chi connectivity index (χ0n) is 8.67. The molecule has 1 fully saturated rings. The van der Waals surface area contributed by atoms with Gasteiger partial charge in [0.25, 0.3) is 0 Å². The van der Waals surface area contributed by atoms with Crippen LogP contribution in [0.1, 0.15) is 18.4 Å². The zero-order valence-corrected chi connectivity index (χ0v) is 10.8. The van der Waals surface area contributed by atoms with Gasteiger partial charge in [0.05, 0.1) is 6.54 Å². The molecule has 1 heterocycles. The summed E-state index contributed by atoms with van der Waals surface area (Å²) in [5.41, 5.74) is 1.12. The number of likely N-dealkylation sites (tertiary alicyclic amines) is 1. The fraction of sp³-hybridized carbons (Fsp3) is 0.385. The molecule has 0 N–H and O–H groups in total. The molecule has 2 rings (SSSR count). The summed E-state index contributed by atoms with van der Waals surface area (Å²) in [6.07, 6.45) is 2.68. The summed E-state index contributed by atoms with van der Waals surface area (Å²) in [4.78, 5) is 2.42. The standard InChI is InChI=1S/C13H14IN/c14-13-7-5-12(6-8-13)4-3-11-15-9-1-2-10-15/h5-8H,1-2,9-11H2. The van der Waals surface area contributed by atoms with Gasteiger partial charge in [-0.25, -0.2) is 0 Å². The zero-order chi connectivity index (χ0) is 10.5. The molecule has 0 amide bonds. The van der Waals surface area contributed by atoms with Gasteiger partial charge in [0.15, 0.2) is 0 Å². The van der Waals surface area contributed by atoms with Crippen molar-refractivity contribution in [2.75, 3.05) is 19.6 Å². The lowest BCUT2D eigenvalue weighted by molar-refractivity contribution is 0.383. The molecule has 78 valence electrons. The molecule has 0 spiro atoms. The molecule has 0 bridgehead atoms. The van der Waals surface area contributed by atoms with E-state index in [0.29, 0.717) is 0 Å². The second-order valence-corrected chi connectivity index (χ2v) is 5.04. The fourth-order valence-electron chi connectivity index (χ4n) is 1.73. The van der Waals surface area contributed by atoms with E-state index in [-0.39, 0.29) is 0 Å². The minimum absolute atomic E-state index is 0.923. The van der Waals surface area contributed by atoms with E-state index < -0.39 is 0 Å². The van der Waals surface area contributed by atoms with Crippen LogP contribution in [0.2, 0.25) is 0 Å². The quantitative estimate of drug-likeness (QED) is 0.569. The maximum absolute atomic E-state index is 3.24. The molecule has 0 atom stereocenters. The Bertz CT molecular complexity index is 366. The molecule has 1 aromatic carbocycles. The van der Waals surface area contributed by atoms with Gasteiger partial charge in [0.2, 0.25) is 0 Å². The Balaban J connectivity index is 1.90. The largest absolute Gasteiger partial charge is 0.292 e. The van der Waals surface area contributed by atoms with Crippen molar-refractivity contribution in [2.45, 2.75) is 12.8 Å². The number of hydrogen-bond donors (Lipinski definition) is 0. The van der Waals surface area contributed by atoms with Crippen LogP contribution in [0, 0.1) is 15.4 Å². The highest BCUT2D eigenvalue weighted by molar-refractivity contribution is 14.1. The first kappa shape index (κ1) is 11.0. The molecule has 2 heteroatoms. The highest BCUT2D eigenvalue weighted by Gasteiger charge is 2.08. The van der Waals surface area contributed by atoms with Crippen molar-refractivity contribution in [3.05, 3.63) is 33.4 Å². The van der Waals surface area contributed by atoms with Crippen LogP contribution in [-0.2, 0) is 0 Å². The number of rotatable bonds is 1. The Hall–Kier alpha value is -0.530. The second kappa shape index (κ2) is 5.53. The van der Waals surface area contributed by atoms with Gasteiger partial charge < -0.3 is 0 Å². The van der Waals surface area contributed by atoms with E-state index >= 15 is 0 Å². The molecule has 0 unspecified atom stereocenters. The Morgan fingerprint density at radius 2 is 1.80 bits per heavy atom. The molecule has 0 radical (unpaired) electrons. The maximum atomic E-state index is 3.24. The maximum Gasteiger partial charge on any atom is 0.0605 e. The Labute approximate surface area is 105 Å². The van der Waals surface area contributed by atoms with Gasteiger partial charge >= 0.3 is 0 Å². The average Bonchev–Trinajstić information content (AvgIpc) is 2.74. The van der Waals surface area contributed by atoms with E-state index in [2.05, 4.69) is 63.6 Å². The Morgan fingerprint density at radius 1 is 1.13 bits per heavy atom. The third-order valence-electron chi connectivity index (χ3n) is 2.58. The smallest absolute Gasteiger partial charge is 0.0605 e. The van der Waals surface area contributed by atoms with Crippen molar-refractivity contribution in [1.82, 2.24) is 4.90 Å². The van der Waals surface area contributed by atoms with Gasteiger partial charge in [-0.1, -0.05) is 11.8 Å². The van der Waals surface area contributed by atoms with Crippen molar-refractivity contribution in [1.29, 1.82) is 0 Å². The number of hydrogen-bond acceptors (Lipinski definition) is 1. The summed E-state index contributed by atoms with van der Waals surface area (Å²) >= 11 is 2.31. The van der Waals surface area contributed by atoms with Crippen LogP contribution in [0.25, 0.3) is 0 Å². The lowest BCUT2D eigenvalue weighted by Crippen LogP contribution is -2.18. The van der Waals surface area contributed by atoms with E-state index in [4.69, 9.17) is 0 Å². The Kier molecular flexibility index (Phi) is 4.04. The van der Waals surface area contributed by atoms with Crippen molar-refractivity contribution in [3.8, 4) is 11.8 Å². The van der Waals surface area contributed by atoms with Crippen molar-refractivity contribution >= 4 is 22.6 Å². The topological polar surface area (TPSA) is 3.24 Å². The molecule has 1 nitrogen and oxygen atoms in total. The average molecular weight is 311 g/mol. The molecule has 1 aliphatic heterocycles. The molecule has 15 heavy (non-hydrogen) atoms. The summed E-state index contributed by atoms with van der Waals surface area (Å²) in [6.45, 7) is 3.37. The van der Waals surface area contributed by atoms with Gasteiger partial charge in [0.1, 0.15) is 0 Å². The predicted octanol–water partition coefficient (Wildman–Crippen LogP) is 2.74. The molecule has 0 saturated carbocycles. The van der Waals surface area contributed by atoms with Crippen LogP contribution in [0.15, 0.2) is 24.3 Å². The van der Waals surface area contributed by atoms with E-state index in [1.807, 2.05) is 0 Å². The fourth-order valence-corrected chi connectivity index (χ4v) is 2.09. The van der Waals surface area contributed by atoms with Gasteiger partial charge in [-0.2, -0.15) is 0 Å². The number of nitrogens with zero attached hydrogens (tertiary/aromatic N) is 1. The summed E-state index contributed by atoms with van der Waals surface area (Å²) in [5.74, 6) is 6.44. The highest BCUT2D eigenvalue weighted by Crippen LogP contribution is 2.07. The monoisotopic (exact) mass is 311 g/mol. The minimum Gasteiger partial charge on any atom is -0.292 e. The predicted molar refractivity (Wildman–Crippen MR) is 71.7 cm³/mol. The molecular weight excluding hydrogens is 297 g/mol. The van der Waals surface area contributed by atoms with Crippen LogP contribution in [0.3, 0.4) is 0 Å². The third kappa shape index (κ3) is 3.51. The first-order chi connectivity index (χ1) is 7.34. The third-order valence-corrected chi connectivity index (χ3v) is 3.30. The SMILES string of the molecule is Ic1ccc(C#CCN2CCCC2)cc1. The van der Waals surface area contributed by atoms with Crippen molar-refractivity contribution in [3.63, 3.8) is 0 Å². The van der Waals surface area contributed by atoms with Crippen LogP contribution in [-0.4, -0.2) is 24.5 Å². The normalized spacial score (nSPS) is 16.1. The van der Waals surface area contributed by atoms with Crippen LogP contribution in [0.5, 0.6) is 0 Å². The van der Waals surface area contributed by atoms with Crippen molar-refractivity contribution in [2.24, 2.45) is 0 Å². The summed E-state index contributed by atoms with van der Waals surface area (Å²) in [5, 5.41) is 0. The molecule has 0 aromatic heterocycles. The molecule has 0 aliphatic carbocycles. The highest BCUT2D eigenvalue weighted by atomic mass is 127. The lowest BCUT2D eigenvalue weighted by Gasteiger charge is -2.08. The van der Waals surface area contributed by atoms with Gasteiger partial charge in [-0.3, -0.25) is 4.90 Å². The van der Waals surface area contributed by atoms with Gasteiger partial charge in [0, 0.05) is 9.13 Å². The van der Waals surface area contributed by atoms with Crippen LogP contribution in [0.4, 0.5) is 0 Å². The van der Waals surface area contributed by atoms with Crippen molar-refractivity contribution < 1.29 is 0 Å². The first-order valence-corrected chi connectivity index (χ1v) is 6.39. The number of benzene rings is 1. The van der Waals surface area contributed by atoms with E-state index in [0.717, 1.165) is 12.1 Å². The summed E-state index contributed by atoms with van der Waals surface area (Å²) in [6, 6.07) is 8.36. The number of halogens is 1. The lowest BCUT2D eigenvalue weighted by atomic mass is 10.2.